The summed E-state index contributed by atoms with van der Waals surface area (Å²) in [5.74, 6) is 0.472. The first kappa shape index (κ1) is 14.5. The molecule has 1 aromatic heterocycles. The molecule has 0 aliphatic carbocycles. The zero-order valence-electron chi connectivity index (χ0n) is 11.6. The third kappa shape index (κ3) is 2.52. The smallest absolute Gasteiger partial charge is 0.245 e. The van der Waals surface area contributed by atoms with Gasteiger partial charge in [-0.05, 0) is 25.0 Å². The minimum absolute atomic E-state index is 0.106. The van der Waals surface area contributed by atoms with E-state index in [1.54, 1.807) is 26.0 Å². The molecule has 2 aromatic rings. The molecule has 3 N–H and O–H groups in total. The number of aromatic nitrogens is 3. The number of hydrogen-bond donors (Lipinski definition) is 2. The molecule has 0 aliphatic heterocycles. The molecule has 0 fully saturated rings. The van der Waals surface area contributed by atoms with Crippen LogP contribution in [0.25, 0.3) is 0 Å². The van der Waals surface area contributed by atoms with Gasteiger partial charge in [-0.1, -0.05) is 12.1 Å². The standard InChI is InChI=1S/C12H17N5O2S/c1-8-4-5-9(2)12(11(8)13)20(18,19)17(3)6-10-14-7-15-16-10/h4-5,7H,6,13H2,1-3H3,(H,14,15,16). The number of aryl methyl sites for hydroxylation is 2. The Morgan fingerprint density at radius 3 is 2.55 bits per heavy atom. The van der Waals surface area contributed by atoms with Gasteiger partial charge in [-0.15, -0.1) is 0 Å². The largest absolute Gasteiger partial charge is 0.397 e. The van der Waals surface area contributed by atoms with Crippen molar-refractivity contribution >= 4 is 15.7 Å². The van der Waals surface area contributed by atoms with Crippen molar-refractivity contribution in [3.05, 3.63) is 35.4 Å². The molecule has 0 bridgehead atoms. The van der Waals surface area contributed by atoms with Crippen LogP contribution in [-0.2, 0) is 16.6 Å². The van der Waals surface area contributed by atoms with Crippen LogP contribution >= 0.6 is 0 Å². The van der Waals surface area contributed by atoms with Crippen molar-refractivity contribution in [3.8, 4) is 0 Å². The quantitative estimate of drug-likeness (QED) is 0.813. The van der Waals surface area contributed by atoms with E-state index in [1.807, 2.05) is 0 Å². The maximum atomic E-state index is 12.6. The summed E-state index contributed by atoms with van der Waals surface area (Å²) in [7, 11) is -2.19. The van der Waals surface area contributed by atoms with Gasteiger partial charge in [-0.3, -0.25) is 5.10 Å². The van der Waals surface area contributed by atoms with Gasteiger partial charge < -0.3 is 5.73 Å². The maximum absolute atomic E-state index is 12.6. The number of benzene rings is 1. The Balaban J connectivity index is 2.42. The van der Waals surface area contributed by atoms with Crippen LogP contribution in [0.15, 0.2) is 23.4 Å². The molecule has 1 aromatic carbocycles. The highest BCUT2D eigenvalue weighted by molar-refractivity contribution is 7.89. The van der Waals surface area contributed by atoms with E-state index in [9.17, 15) is 8.42 Å². The Morgan fingerprint density at radius 1 is 1.30 bits per heavy atom. The summed E-state index contributed by atoms with van der Waals surface area (Å²) in [5.41, 5.74) is 7.59. The van der Waals surface area contributed by atoms with Crippen molar-refractivity contribution < 1.29 is 8.42 Å². The summed E-state index contributed by atoms with van der Waals surface area (Å²) in [6, 6.07) is 3.56. The van der Waals surface area contributed by atoms with Crippen LogP contribution in [0.1, 0.15) is 17.0 Å². The number of nitrogens with one attached hydrogen (secondary N) is 1. The number of nitrogens with zero attached hydrogens (tertiary/aromatic N) is 3. The zero-order chi connectivity index (χ0) is 14.9. The van der Waals surface area contributed by atoms with Crippen LogP contribution in [0.2, 0.25) is 0 Å². The van der Waals surface area contributed by atoms with E-state index in [4.69, 9.17) is 5.73 Å². The van der Waals surface area contributed by atoms with E-state index in [1.165, 1.54) is 17.7 Å². The second kappa shape index (κ2) is 5.22. The van der Waals surface area contributed by atoms with Crippen molar-refractivity contribution in [3.63, 3.8) is 0 Å². The molecule has 7 nitrogen and oxygen atoms in total. The van der Waals surface area contributed by atoms with Gasteiger partial charge in [-0.2, -0.15) is 9.40 Å². The molecule has 0 amide bonds. The van der Waals surface area contributed by atoms with E-state index in [0.717, 1.165) is 5.56 Å². The Hall–Kier alpha value is -1.93. The van der Waals surface area contributed by atoms with Gasteiger partial charge in [0.1, 0.15) is 17.0 Å². The van der Waals surface area contributed by atoms with E-state index < -0.39 is 10.0 Å². The normalized spacial score (nSPS) is 12.0. The van der Waals surface area contributed by atoms with Crippen LogP contribution in [-0.4, -0.2) is 35.0 Å². The molecular weight excluding hydrogens is 278 g/mol. The molecular formula is C12H17N5O2S. The lowest BCUT2D eigenvalue weighted by Gasteiger charge is -2.19. The summed E-state index contributed by atoms with van der Waals surface area (Å²) in [6.45, 7) is 3.62. The van der Waals surface area contributed by atoms with Gasteiger partial charge in [0.2, 0.25) is 10.0 Å². The first-order valence-corrected chi connectivity index (χ1v) is 7.44. The number of nitrogen functional groups attached to an aromatic ring is 1. The second-order valence-electron chi connectivity index (χ2n) is 4.64. The van der Waals surface area contributed by atoms with E-state index in [-0.39, 0.29) is 17.1 Å². The van der Waals surface area contributed by atoms with Crippen molar-refractivity contribution in [2.45, 2.75) is 25.3 Å². The van der Waals surface area contributed by atoms with Gasteiger partial charge in [0.05, 0.1) is 12.2 Å². The molecule has 0 saturated carbocycles. The molecule has 0 unspecified atom stereocenters. The minimum atomic E-state index is -3.68. The van der Waals surface area contributed by atoms with Crippen molar-refractivity contribution in [2.75, 3.05) is 12.8 Å². The van der Waals surface area contributed by atoms with Crippen molar-refractivity contribution in [1.29, 1.82) is 0 Å². The predicted octanol–water partition coefficient (Wildman–Crippen LogP) is 0.824. The molecule has 8 heteroatoms. The van der Waals surface area contributed by atoms with Gasteiger partial charge in [0.15, 0.2) is 0 Å². The average molecular weight is 295 g/mol. The van der Waals surface area contributed by atoms with Gasteiger partial charge >= 0.3 is 0 Å². The highest BCUT2D eigenvalue weighted by Gasteiger charge is 2.26. The average Bonchev–Trinajstić information content (AvgIpc) is 2.87. The Bertz CT molecular complexity index is 710. The van der Waals surface area contributed by atoms with Crippen LogP contribution < -0.4 is 5.73 Å². The minimum Gasteiger partial charge on any atom is -0.397 e. The number of H-pyrrole nitrogens is 1. The van der Waals surface area contributed by atoms with E-state index in [2.05, 4.69) is 15.2 Å². The Labute approximate surface area is 117 Å². The highest BCUT2D eigenvalue weighted by Crippen LogP contribution is 2.28. The monoisotopic (exact) mass is 295 g/mol. The molecule has 0 atom stereocenters. The molecule has 0 spiro atoms. The molecule has 0 radical (unpaired) electrons. The first-order valence-electron chi connectivity index (χ1n) is 6.00. The molecule has 0 aliphatic rings. The Kier molecular flexibility index (Phi) is 3.78. The summed E-state index contributed by atoms with van der Waals surface area (Å²) in [4.78, 5) is 4.07. The fraction of sp³-hybridized carbons (Fsp3) is 0.333. The van der Waals surface area contributed by atoms with E-state index in [0.29, 0.717) is 11.4 Å². The number of sulfonamides is 1. The van der Waals surface area contributed by atoms with E-state index >= 15 is 0 Å². The summed E-state index contributed by atoms with van der Waals surface area (Å²) < 4.78 is 26.5. The topological polar surface area (TPSA) is 105 Å². The highest BCUT2D eigenvalue weighted by atomic mass is 32.2. The fourth-order valence-electron chi connectivity index (χ4n) is 1.91. The molecule has 108 valence electrons. The van der Waals surface area contributed by atoms with Crippen molar-refractivity contribution in [1.82, 2.24) is 19.5 Å². The number of hydrogen-bond acceptors (Lipinski definition) is 5. The Morgan fingerprint density at radius 2 is 1.95 bits per heavy atom. The SMILES string of the molecule is Cc1ccc(C)c(S(=O)(=O)N(C)Cc2ncn[nH]2)c1N. The maximum Gasteiger partial charge on any atom is 0.245 e. The summed E-state index contributed by atoms with van der Waals surface area (Å²) in [5, 5.41) is 6.33. The first-order chi connectivity index (χ1) is 9.34. The van der Waals surface area contributed by atoms with Crippen LogP contribution in [0.3, 0.4) is 0 Å². The van der Waals surface area contributed by atoms with Gasteiger partial charge in [-0.25, -0.2) is 13.4 Å². The number of rotatable bonds is 4. The molecule has 2 rings (SSSR count). The number of aromatic amines is 1. The number of anilines is 1. The molecule has 0 saturated heterocycles. The van der Waals surface area contributed by atoms with Crippen LogP contribution in [0.4, 0.5) is 5.69 Å². The molecule has 1 heterocycles. The van der Waals surface area contributed by atoms with Crippen LogP contribution in [0.5, 0.6) is 0 Å². The van der Waals surface area contributed by atoms with Crippen molar-refractivity contribution in [2.24, 2.45) is 0 Å². The lowest BCUT2D eigenvalue weighted by molar-refractivity contribution is 0.457. The summed E-state index contributed by atoms with van der Waals surface area (Å²) >= 11 is 0. The molecule has 20 heavy (non-hydrogen) atoms. The van der Waals surface area contributed by atoms with Crippen LogP contribution in [0, 0.1) is 13.8 Å². The zero-order valence-corrected chi connectivity index (χ0v) is 12.4. The third-order valence-electron chi connectivity index (χ3n) is 3.12. The second-order valence-corrected chi connectivity index (χ2v) is 6.62. The summed E-state index contributed by atoms with van der Waals surface area (Å²) in [6.07, 6.45) is 1.34. The van der Waals surface area contributed by atoms with Gasteiger partial charge in [0.25, 0.3) is 0 Å². The lowest BCUT2D eigenvalue weighted by atomic mass is 10.1. The number of nitrogens with two attached hydrogens (primary N) is 1. The third-order valence-corrected chi connectivity index (χ3v) is 5.12. The predicted molar refractivity (Wildman–Crippen MR) is 75.4 cm³/mol. The van der Waals surface area contributed by atoms with Gasteiger partial charge in [0, 0.05) is 7.05 Å². The lowest BCUT2D eigenvalue weighted by Crippen LogP contribution is -2.28. The fourth-order valence-corrected chi connectivity index (χ4v) is 3.43.